The number of benzene rings is 1. The zero-order valence-corrected chi connectivity index (χ0v) is 22.6. The quantitative estimate of drug-likeness (QED) is 0.337. The van der Waals surface area contributed by atoms with Gasteiger partial charge in [0.15, 0.2) is 15.5 Å². The van der Waals surface area contributed by atoms with Crippen molar-refractivity contribution >= 4 is 44.3 Å². The first-order valence-corrected chi connectivity index (χ1v) is 14.2. The zero-order valence-electron chi connectivity index (χ0n) is 20.2. The molecule has 36 heavy (non-hydrogen) atoms. The van der Waals surface area contributed by atoms with Crippen molar-refractivity contribution < 1.29 is 17.9 Å². The van der Waals surface area contributed by atoms with Gasteiger partial charge in [-0.1, -0.05) is 23.7 Å². The van der Waals surface area contributed by atoms with Crippen LogP contribution in [0.4, 0.5) is 0 Å². The Bertz CT molecular complexity index is 1550. The van der Waals surface area contributed by atoms with E-state index < -0.39 is 21.8 Å². The maximum absolute atomic E-state index is 12.2. The van der Waals surface area contributed by atoms with Crippen molar-refractivity contribution in [3.8, 4) is 16.3 Å². The fraction of sp³-hybridized carbons (Fsp3) is 0.292. The van der Waals surface area contributed by atoms with Crippen molar-refractivity contribution in [2.24, 2.45) is 5.73 Å². The number of amides is 1. The van der Waals surface area contributed by atoms with Crippen LogP contribution in [0.5, 0.6) is 5.75 Å². The Balaban J connectivity index is 1.67. The molecule has 0 radical (unpaired) electrons. The summed E-state index contributed by atoms with van der Waals surface area (Å²) in [6.07, 6.45) is 5.47. The average molecular weight is 548 g/mol. The molecule has 3 aromatic heterocycles. The van der Waals surface area contributed by atoms with Gasteiger partial charge in [-0.3, -0.25) is 14.2 Å². The molecule has 9 nitrogen and oxygen atoms in total. The Labute approximate surface area is 218 Å². The smallest absolute Gasteiger partial charge is 0.262 e. The fourth-order valence-corrected chi connectivity index (χ4v) is 5.83. The lowest BCUT2D eigenvalue weighted by Crippen LogP contribution is -2.13. The van der Waals surface area contributed by atoms with Crippen LogP contribution in [-0.2, 0) is 22.1 Å². The number of nitrogens with two attached hydrogens (primary N) is 1. The van der Waals surface area contributed by atoms with E-state index >= 15 is 0 Å². The van der Waals surface area contributed by atoms with Crippen molar-refractivity contribution in [3.63, 3.8) is 0 Å². The van der Waals surface area contributed by atoms with E-state index in [0.717, 1.165) is 23.9 Å². The van der Waals surface area contributed by atoms with Gasteiger partial charge in [-0.15, -0.1) is 11.3 Å². The molecule has 3 heterocycles. The molecule has 4 rings (SSSR count). The molecule has 1 aromatic carbocycles. The number of carbonyl (C=O) groups is 1. The van der Waals surface area contributed by atoms with Gasteiger partial charge in [-0.2, -0.15) is 0 Å². The van der Waals surface area contributed by atoms with Gasteiger partial charge >= 0.3 is 0 Å². The molecule has 0 bridgehead atoms. The number of fused-ring (bicyclic) bond motifs is 1. The Kier molecular flexibility index (Phi) is 7.37. The molecule has 0 aliphatic rings. The minimum absolute atomic E-state index is 0.197. The summed E-state index contributed by atoms with van der Waals surface area (Å²) >= 11 is 7.71. The summed E-state index contributed by atoms with van der Waals surface area (Å²) in [5, 5.41) is 0.575. The first-order chi connectivity index (χ1) is 16.9. The number of sulfone groups is 1. The molecule has 0 aliphatic heterocycles. The van der Waals surface area contributed by atoms with Crippen molar-refractivity contribution in [2.45, 2.75) is 25.3 Å². The SMILES string of the molecule is C[C@@H](Oc1cc(-c2cnc3cnc(CS(C)(=O)=O)cn23)sc1C(N)=O)c1ccc(CN(C)C)cc1Cl. The fourth-order valence-electron chi connectivity index (χ4n) is 3.83. The van der Waals surface area contributed by atoms with Gasteiger partial charge in [0.25, 0.3) is 5.91 Å². The van der Waals surface area contributed by atoms with E-state index in [9.17, 15) is 13.2 Å². The Morgan fingerprint density at radius 1 is 1.25 bits per heavy atom. The molecule has 12 heteroatoms. The number of hydrogen-bond acceptors (Lipinski definition) is 8. The molecule has 0 unspecified atom stereocenters. The first-order valence-electron chi connectivity index (χ1n) is 10.9. The number of carbonyl (C=O) groups excluding carboxylic acids is 1. The standard InChI is InChI=1S/C24H26ClN5O4S2/c1-14(17-6-5-15(7-18(17)25)11-29(2)3)34-20-8-21(35-23(20)24(26)31)19-9-28-22-10-27-16(12-30(19)22)13-36(4,32)33/h5-10,12,14H,11,13H2,1-4H3,(H2,26,31)/t14-/m1/s1. The number of primary amides is 1. The van der Waals surface area contributed by atoms with Crippen molar-refractivity contribution in [1.29, 1.82) is 0 Å². The van der Waals surface area contributed by atoms with Crippen LogP contribution >= 0.6 is 22.9 Å². The van der Waals surface area contributed by atoms with E-state index in [0.29, 0.717) is 32.7 Å². The normalized spacial score (nSPS) is 12.8. The third-order valence-electron chi connectivity index (χ3n) is 5.34. The number of thiophene rings is 1. The van der Waals surface area contributed by atoms with Crippen LogP contribution < -0.4 is 10.5 Å². The maximum Gasteiger partial charge on any atom is 0.262 e. The molecular weight excluding hydrogens is 522 g/mol. The molecule has 2 N–H and O–H groups in total. The van der Waals surface area contributed by atoms with Crippen molar-refractivity contribution in [3.05, 3.63) is 69.6 Å². The Morgan fingerprint density at radius 2 is 2.00 bits per heavy atom. The van der Waals surface area contributed by atoms with Crippen molar-refractivity contribution in [1.82, 2.24) is 19.3 Å². The molecule has 190 valence electrons. The van der Waals surface area contributed by atoms with Gasteiger partial charge in [0.05, 0.1) is 34.4 Å². The molecule has 0 spiro atoms. The van der Waals surface area contributed by atoms with Gasteiger partial charge in [0.2, 0.25) is 0 Å². The van der Waals surface area contributed by atoms with Crippen LogP contribution in [0, 0.1) is 0 Å². The summed E-state index contributed by atoms with van der Waals surface area (Å²) in [6, 6.07) is 7.56. The third kappa shape index (κ3) is 5.86. The zero-order chi connectivity index (χ0) is 26.2. The average Bonchev–Trinajstić information content (AvgIpc) is 3.36. The lowest BCUT2D eigenvalue weighted by Gasteiger charge is -2.17. The molecule has 4 aromatic rings. The number of rotatable bonds is 9. The monoisotopic (exact) mass is 547 g/mol. The topological polar surface area (TPSA) is 120 Å². The third-order valence-corrected chi connectivity index (χ3v) is 7.64. The van der Waals surface area contributed by atoms with Crippen LogP contribution in [0.25, 0.3) is 16.2 Å². The second-order valence-electron chi connectivity index (χ2n) is 8.84. The molecule has 0 saturated heterocycles. The number of hydrogen-bond donors (Lipinski definition) is 1. The lowest BCUT2D eigenvalue weighted by molar-refractivity contribution is 0.0998. The number of aromatic nitrogens is 3. The van der Waals surface area contributed by atoms with E-state index in [-0.39, 0.29) is 10.6 Å². The number of nitrogens with zero attached hydrogens (tertiary/aromatic N) is 4. The van der Waals surface area contributed by atoms with Crippen LogP contribution in [0.1, 0.15) is 39.5 Å². The first kappa shape index (κ1) is 26.1. The highest BCUT2D eigenvalue weighted by Crippen LogP contribution is 2.39. The van der Waals surface area contributed by atoms with Gasteiger partial charge in [0, 0.05) is 35.6 Å². The molecule has 1 atom stereocenters. The lowest BCUT2D eigenvalue weighted by atomic mass is 10.1. The molecule has 1 amide bonds. The summed E-state index contributed by atoms with van der Waals surface area (Å²) in [7, 11) is 0.711. The largest absolute Gasteiger partial charge is 0.484 e. The van der Waals surface area contributed by atoms with Crippen LogP contribution in [0.15, 0.2) is 42.9 Å². The van der Waals surface area contributed by atoms with Crippen LogP contribution in [0.2, 0.25) is 5.02 Å². The van der Waals surface area contributed by atoms with Crippen LogP contribution in [-0.4, -0.2) is 53.9 Å². The van der Waals surface area contributed by atoms with E-state index in [4.69, 9.17) is 22.1 Å². The summed E-state index contributed by atoms with van der Waals surface area (Å²) in [5.74, 6) is -0.477. The second-order valence-corrected chi connectivity index (χ2v) is 12.4. The van der Waals surface area contributed by atoms with Crippen molar-refractivity contribution in [2.75, 3.05) is 20.4 Å². The molecule has 0 saturated carbocycles. The minimum atomic E-state index is -3.26. The van der Waals surface area contributed by atoms with Gasteiger partial charge in [0.1, 0.15) is 16.7 Å². The Hall–Kier alpha value is -2.99. The molecule has 0 aliphatic carbocycles. The van der Waals surface area contributed by atoms with Gasteiger partial charge in [-0.25, -0.2) is 13.4 Å². The van der Waals surface area contributed by atoms with E-state index in [1.807, 2.05) is 39.2 Å². The Morgan fingerprint density at radius 3 is 2.64 bits per heavy atom. The summed E-state index contributed by atoms with van der Waals surface area (Å²) in [5.41, 5.74) is 9.10. The van der Waals surface area contributed by atoms with E-state index in [2.05, 4.69) is 14.9 Å². The molecular formula is C24H26ClN5O4S2. The predicted octanol–water partition coefficient (Wildman–Crippen LogP) is 3.96. The summed E-state index contributed by atoms with van der Waals surface area (Å²) in [4.78, 5) is 23.8. The maximum atomic E-state index is 12.2. The number of ether oxygens (including phenoxy) is 1. The highest BCUT2D eigenvalue weighted by Gasteiger charge is 2.22. The predicted molar refractivity (Wildman–Crippen MR) is 141 cm³/mol. The van der Waals surface area contributed by atoms with E-state index in [1.54, 1.807) is 22.9 Å². The van der Waals surface area contributed by atoms with Gasteiger partial charge in [-0.05, 0) is 32.6 Å². The highest BCUT2D eigenvalue weighted by molar-refractivity contribution is 7.89. The van der Waals surface area contributed by atoms with Gasteiger partial charge < -0.3 is 15.4 Å². The molecule has 0 fully saturated rings. The number of imidazole rings is 1. The highest BCUT2D eigenvalue weighted by atomic mass is 35.5. The summed E-state index contributed by atoms with van der Waals surface area (Å²) < 4.78 is 31.3. The minimum Gasteiger partial charge on any atom is -0.484 e. The second kappa shape index (κ2) is 10.2. The van der Waals surface area contributed by atoms with Crippen LogP contribution in [0.3, 0.4) is 0 Å². The number of halogens is 1. The van der Waals surface area contributed by atoms with E-state index in [1.165, 1.54) is 17.5 Å². The summed E-state index contributed by atoms with van der Waals surface area (Å²) in [6.45, 7) is 2.61.